The molecule has 2 aromatic carbocycles. The summed E-state index contributed by atoms with van der Waals surface area (Å²) in [4.78, 5) is 28.9. The third-order valence-corrected chi connectivity index (χ3v) is 4.91. The van der Waals surface area contributed by atoms with Crippen LogP contribution < -0.4 is 16.0 Å². The lowest BCUT2D eigenvalue weighted by molar-refractivity contribution is 0.0948. The minimum absolute atomic E-state index is 0.237. The number of fused-ring (bicyclic) bond motifs is 1. The molecule has 8 heteroatoms. The average molecular weight is 429 g/mol. The first kappa shape index (κ1) is 21.0. The molecule has 0 aliphatic rings. The molecule has 0 bridgehead atoms. The summed E-state index contributed by atoms with van der Waals surface area (Å²) in [5, 5.41) is 13.1. The van der Waals surface area contributed by atoms with E-state index in [-0.39, 0.29) is 17.6 Å². The molecule has 0 radical (unpaired) electrons. The molecule has 4 aromatic rings. The number of anilines is 1. The fraction of sp³-hybridized carbons (Fsp3) is 0.167. The van der Waals surface area contributed by atoms with Gasteiger partial charge in [-0.05, 0) is 48.2 Å². The number of aromatic nitrogens is 2. The summed E-state index contributed by atoms with van der Waals surface area (Å²) in [5.41, 5.74) is 4.06. The van der Waals surface area contributed by atoms with Gasteiger partial charge in [0.15, 0.2) is 11.3 Å². The van der Waals surface area contributed by atoms with E-state index in [0.717, 1.165) is 16.7 Å². The average Bonchev–Trinajstić information content (AvgIpc) is 3.24. The molecular weight excluding hydrogens is 406 g/mol. The molecular formula is C24H23N5O3. The summed E-state index contributed by atoms with van der Waals surface area (Å²) in [6.45, 7) is 2.70. The maximum absolute atomic E-state index is 12.5. The fourth-order valence-corrected chi connectivity index (χ4v) is 3.44. The standard InChI is InChI=1S/C24H23N5O3/c1-2-26-23(30)22-21-18(12-16-6-4-3-5-7-16)13-19(14-20(21)32-29-22)28-24(31)27-15-17-8-10-25-11-9-17/h3-11,13-14H,2,12,15H2,1H3,(H,26,30)(H2,27,28,31). The van der Waals surface area contributed by atoms with Crippen molar-refractivity contribution in [2.75, 3.05) is 11.9 Å². The van der Waals surface area contributed by atoms with E-state index in [1.54, 1.807) is 18.5 Å². The number of rotatable bonds is 7. The number of carbonyl (C=O) groups is 2. The normalized spacial score (nSPS) is 10.7. The molecule has 3 amide bonds. The Bertz CT molecular complexity index is 1220. The molecule has 162 valence electrons. The van der Waals surface area contributed by atoms with Crippen molar-refractivity contribution < 1.29 is 14.1 Å². The molecule has 2 aromatic heterocycles. The summed E-state index contributed by atoms with van der Waals surface area (Å²) in [6.07, 6.45) is 3.91. The smallest absolute Gasteiger partial charge is 0.319 e. The highest BCUT2D eigenvalue weighted by atomic mass is 16.5. The lowest BCUT2D eigenvalue weighted by Gasteiger charge is -2.11. The fourth-order valence-electron chi connectivity index (χ4n) is 3.44. The zero-order valence-corrected chi connectivity index (χ0v) is 17.6. The summed E-state index contributed by atoms with van der Waals surface area (Å²) in [6, 6.07) is 16.7. The minimum Gasteiger partial charge on any atom is -0.355 e. The highest BCUT2D eigenvalue weighted by molar-refractivity contribution is 6.06. The van der Waals surface area contributed by atoms with E-state index in [9.17, 15) is 9.59 Å². The van der Waals surface area contributed by atoms with E-state index >= 15 is 0 Å². The summed E-state index contributed by atoms with van der Waals surface area (Å²) in [5.74, 6) is -0.295. The van der Waals surface area contributed by atoms with Gasteiger partial charge in [0.1, 0.15) is 0 Å². The Balaban J connectivity index is 1.62. The van der Waals surface area contributed by atoms with Gasteiger partial charge in [-0.15, -0.1) is 0 Å². The quantitative estimate of drug-likeness (QED) is 0.413. The van der Waals surface area contributed by atoms with Gasteiger partial charge in [-0.2, -0.15) is 0 Å². The molecule has 0 aliphatic heterocycles. The number of benzene rings is 2. The largest absolute Gasteiger partial charge is 0.355 e. The van der Waals surface area contributed by atoms with Crippen molar-refractivity contribution in [2.24, 2.45) is 0 Å². The van der Waals surface area contributed by atoms with Crippen LogP contribution in [0.1, 0.15) is 34.1 Å². The first-order valence-corrected chi connectivity index (χ1v) is 10.3. The monoisotopic (exact) mass is 429 g/mol. The topological polar surface area (TPSA) is 109 Å². The van der Waals surface area contributed by atoms with Crippen LogP contribution in [-0.4, -0.2) is 28.6 Å². The number of nitrogens with one attached hydrogen (secondary N) is 3. The van der Waals surface area contributed by atoms with Gasteiger partial charge in [0.2, 0.25) is 0 Å². The van der Waals surface area contributed by atoms with Crippen LogP contribution in [0.5, 0.6) is 0 Å². The Labute approximate surface area is 185 Å². The van der Waals surface area contributed by atoms with Gasteiger partial charge in [-0.3, -0.25) is 9.78 Å². The van der Waals surface area contributed by atoms with Crippen LogP contribution in [0.4, 0.5) is 10.5 Å². The number of hydrogen-bond donors (Lipinski definition) is 3. The zero-order chi connectivity index (χ0) is 22.3. The first-order chi connectivity index (χ1) is 15.6. The van der Waals surface area contributed by atoms with E-state index < -0.39 is 0 Å². The van der Waals surface area contributed by atoms with Crippen LogP contribution in [0.15, 0.2) is 71.5 Å². The predicted octanol–water partition coefficient (Wildman–Crippen LogP) is 3.89. The second-order valence-electron chi connectivity index (χ2n) is 7.22. The number of carbonyl (C=O) groups excluding carboxylic acids is 2. The molecule has 3 N–H and O–H groups in total. The maximum atomic E-state index is 12.5. The van der Waals surface area contributed by atoms with Crippen LogP contribution >= 0.6 is 0 Å². The number of nitrogens with zero attached hydrogens (tertiary/aromatic N) is 2. The summed E-state index contributed by atoms with van der Waals surface area (Å²) < 4.78 is 5.46. The Morgan fingerprint density at radius 1 is 0.969 bits per heavy atom. The van der Waals surface area contributed by atoms with E-state index in [4.69, 9.17) is 4.52 Å². The molecule has 0 saturated heterocycles. The van der Waals surface area contributed by atoms with Crippen molar-refractivity contribution in [1.29, 1.82) is 0 Å². The zero-order valence-electron chi connectivity index (χ0n) is 17.6. The first-order valence-electron chi connectivity index (χ1n) is 10.3. The maximum Gasteiger partial charge on any atom is 0.319 e. The molecule has 0 atom stereocenters. The van der Waals surface area contributed by atoms with Crippen molar-refractivity contribution in [3.05, 3.63) is 89.4 Å². The number of amides is 3. The Hall–Kier alpha value is -4.20. The molecule has 0 aliphatic carbocycles. The van der Waals surface area contributed by atoms with Gasteiger partial charge in [-0.25, -0.2) is 4.79 Å². The van der Waals surface area contributed by atoms with Crippen LogP contribution in [0.2, 0.25) is 0 Å². The van der Waals surface area contributed by atoms with Gasteiger partial charge in [0, 0.05) is 37.2 Å². The van der Waals surface area contributed by atoms with Gasteiger partial charge < -0.3 is 20.5 Å². The highest BCUT2D eigenvalue weighted by Crippen LogP contribution is 2.29. The number of hydrogen-bond acceptors (Lipinski definition) is 5. The van der Waals surface area contributed by atoms with Gasteiger partial charge >= 0.3 is 6.03 Å². The van der Waals surface area contributed by atoms with Crippen LogP contribution in [0.25, 0.3) is 11.0 Å². The van der Waals surface area contributed by atoms with Gasteiger partial charge in [0.25, 0.3) is 5.91 Å². The molecule has 2 heterocycles. The lowest BCUT2D eigenvalue weighted by atomic mass is 9.99. The predicted molar refractivity (Wildman–Crippen MR) is 121 cm³/mol. The van der Waals surface area contributed by atoms with Crippen LogP contribution in [-0.2, 0) is 13.0 Å². The molecule has 0 unspecified atom stereocenters. The second-order valence-corrected chi connectivity index (χ2v) is 7.22. The number of urea groups is 1. The third kappa shape index (κ3) is 4.92. The summed E-state index contributed by atoms with van der Waals surface area (Å²) in [7, 11) is 0. The van der Waals surface area contributed by atoms with Crippen molar-refractivity contribution in [3.8, 4) is 0 Å². The van der Waals surface area contributed by atoms with Crippen molar-refractivity contribution in [2.45, 2.75) is 19.9 Å². The minimum atomic E-state index is -0.352. The molecule has 8 nitrogen and oxygen atoms in total. The van der Waals surface area contributed by atoms with E-state index in [1.165, 1.54) is 0 Å². The molecule has 0 spiro atoms. The van der Waals surface area contributed by atoms with E-state index in [2.05, 4.69) is 26.1 Å². The van der Waals surface area contributed by atoms with Crippen LogP contribution in [0, 0.1) is 0 Å². The molecule has 4 rings (SSSR count). The van der Waals surface area contributed by atoms with E-state index in [1.807, 2.05) is 55.5 Å². The van der Waals surface area contributed by atoms with E-state index in [0.29, 0.717) is 36.2 Å². The summed E-state index contributed by atoms with van der Waals surface area (Å²) >= 11 is 0. The van der Waals surface area contributed by atoms with Crippen molar-refractivity contribution in [3.63, 3.8) is 0 Å². The van der Waals surface area contributed by atoms with Gasteiger partial charge in [0.05, 0.1) is 5.39 Å². The Morgan fingerprint density at radius 3 is 2.50 bits per heavy atom. The second kappa shape index (κ2) is 9.74. The highest BCUT2D eigenvalue weighted by Gasteiger charge is 2.20. The van der Waals surface area contributed by atoms with Crippen LogP contribution in [0.3, 0.4) is 0 Å². The molecule has 32 heavy (non-hydrogen) atoms. The third-order valence-electron chi connectivity index (χ3n) is 4.91. The molecule has 0 fully saturated rings. The molecule has 0 saturated carbocycles. The van der Waals surface area contributed by atoms with Crippen molar-refractivity contribution >= 4 is 28.6 Å². The van der Waals surface area contributed by atoms with Crippen molar-refractivity contribution in [1.82, 2.24) is 20.8 Å². The number of pyridine rings is 1. The Morgan fingerprint density at radius 2 is 1.75 bits per heavy atom. The Kier molecular flexibility index (Phi) is 6.41. The lowest BCUT2D eigenvalue weighted by Crippen LogP contribution is -2.28. The SMILES string of the molecule is CCNC(=O)c1noc2cc(NC(=O)NCc3ccncc3)cc(Cc3ccccc3)c12. The van der Waals surface area contributed by atoms with Gasteiger partial charge in [-0.1, -0.05) is 35.5 Å².